The Morgan fingerprint density at radius 3 is 2.78 bits per heavy atom. The van der Waals surface area contributed by atoms with Gasteiger partial charge in [0.15, 0.2) is 0 Å². The SMILES string of the molecule is Cc1nncc(Br)c1Cl. The van der Waals surface area contributed by atoms with Gasteiger partial charge < -0.3 is 0 Å². The molecule has 4 heteroatoms. The van der Waals surface area contributed by atoms with Crippen molar-refractivity contribution < 1.29 is 0 Å². The van der Waals surface area contributed by atoms with Crippen LogP contribution in [0.15, 0.2) is 10.7 Å². The van der Waals surface area contributed by atoms with Crippen LogP contribution in [0.3, 0.4) is 0 Å². The average Bonchev–Trinajstić information content (AvgIpc) is 1.83. The number of aromatic nitrogens is 2. The predicted octanol–water partition coefficient (Wildman–Crippen LogP) is 2.20. The van der Waals surface area contributed by atoms with Crippen molar-refractivity contribution in [1.29, 1.82) is 0 Å². The Bertz CT molecular complexity index is 206. The van der Waals surface area contributed by atoms with E-state index in [0.717, 1.165) is 10.2 Å². The monoisotopic (exact) mass is 206 g/mol. The van der Waals surface area contributed by atoms with Crippen LogP contribution in [0.5, 0.6) is 0 Å². The summed E-state index contributed by atoms with van der Waals surface area (Å²) in [4.78, 5) is 0. The Morgan fingerprint density at radius 2 is 2.33 bits per heavy atom. The molecule has 0 bridgehead atoms. The predicted molar refractivity (Wildman–Crippen MR) is 39.5 cm³/mol. The summed E-state index contributed by atoms with van der Waals surface area (Å²) in [6, 6.07) is 0. The molecule has 0 spiro atoms. The van der Waals surface area contributed by atoms with Crippen molar-refractivity contribution in [2.75, 3.05) is 0 Å². The van der Waals surface area contributed by atoms with Gasteiger partial charge in [-0.2, -0.15) is 10.2 Å². The van der Waals surface area contributed by atoms with Crippen LogP contribution in [-0.4, -0.2) is 10.2 Å². The van der Waals surface area contributed by atoms with Crippen molar-refractivity contribution in [1.82, 2.24) is 10.2 Å². The Kier molecular flexibility index (Phi) is 2.03. The summed E-state index contributed by atoms with van der Waals surface area (Å²) in [6.07, 6.45) is 1.56. The molecule has 1 aromatic heterocycles. The summed E-state index contributed by atoms with van der Waals surface area (Å²) in [7, 11) is 0. The fourth-order valence-electron chi connectivity index (χ4n) is 0.440. The van der Waals surface area contributed by atoms with Gasteiger partial charge in [-0.3, -0.25) is 0 Å². The van der Waals surface area contributed by atoms with Crippen molar-refractivity contribution in [3.8, 4) is 0 Å². The molecule has 0 N–H and O–H groups in total. The maximum Gasteiger partial charge on any atom is 0.0797 e. The molecule has 1 rings (SSSR count). The van der Waals surface area contributed by atoms with Gasteiger partial charge in [0.25, 0.3) is 0 Å². The van der Waals surface area contributed by atoms with E-state index in [0.29, 0.717) is 5.02 Å². The number of aryl methyl sites for hydroxylation is 1. The first-order valence-electron chi connectivity index (χ1n) is 2.35. The number of hydrogen-bond donors (Lipinski definition) is 0. The molecule has 0 aliphatic carbocycles. The standard InChI is InChI=1S/C5H4BrClN2/c1-3-5(7)4(6)2-8-9-3/h2H,1H3. The second-order valence-corrected chi connectivity index (χ2v) is 2.82. The fourth-order valence-corrected chi connectivity index (χ4v) is 0.905. The first-order chi connectivity index (χ1) is 4.22. The van der Waals surface area contributed by atoms with E-state index in [-0.39, 0.29) is 0 Å². The van der Waals surface area contributed by atoms with Gasteiger partial charge in [0.1, 0.15) is 0 Å². The smallest absolute Gasteiger partial charge is 0.0797 e. The van der Waals surface area contributed by atoms with Gasteiger partial charge in [-0.15, -0.1) is 0 Å². The van der Waals surface area contributed by atoms with Crippen LogP contribution >= 0.6 is 27.5 Å². The van der Waals surface area contributed by atoms with E-state index in [1.165, 1.54) is 0 Å². The molecule has 0 saturated carbocycles. The van der Waals surface area contributed by atoms with Crippen molar-refractivity contribution >= 4 is 27.5 Å². The lowest BCUT2D eigenvalue weighted by atomic mass is 10.4. The fraction of sp³-hybridized carbons (Fsp3) is 0.200. The maximum absolute atomic E-state index is 5.73. The summed E-state index contributed by atoms with van der Waals surface area (Å²) >= 11 is 8.94. The molecule has 2 nitrogen and oxygen atoms in total. The number of hydrogen-bond acceptors (Lipinski definition) is 2. The zero-order valence-electron chi connectivity index (χ0n) is 4.73. The molecule has 1 aromatic rings. The number of nitrogens with zero attached hydrogens (tertiary/aromatic N) is 2. The van der Waals surface area contributed by atoms with Gasteiger partial charge in [-0.1, -0.05) is 11.6 Å². The third-order valence-corrected chi connectivity index (χ3v) is 2.21. The zero-order valence-corrected chi connectivity index (χ0v) is 7.07. The average molecular weight is 207 g/mol. The van der Waals surface area contributed by atoms with Gasteiger partial charge >= 0.3 is 0 Å². The molecule has 0 radical (unpaired) electrons. The molecule has 1 heterocycles. The Balaban J connectivity index is 3.25. The number of halogens is 2. The van der Waals surface area contributed by atoms with Crippen LogP contribution in [-0.2, 0) is 0 Å². The Morgan fingerprint density at radius 1 is 1.67 bits per heavy atom. The van der Waals surface area contributed by atoms with Crippen LogP contribution in [0.1, 0.15) is 5.69 Å². The van der Waals surface area contributed by atoms with E-state index in [4.69, 9.17) is 11.6 Å². The molecule has 0 atom stereocenters. The van der Waals surface area contributed by atoms with Gasteiger partial charge in [0.2, 0.25) is 0 Å². The van der Waals surface area contributed by atoms with E-state index < -0.39 is 0 Å². The van der Waals surface area contributed by atoms with Crippen molar-refractivity contribution in [3.63, 3.8) is 0 Å². The van der Waals surface area contributed by atoms with Gasteiger partial charge in [0.05, 0.1) is 21.4 Å². The zero-order chi connectivity index (χ0) is 6.85. The summed E-state index contributed by atoms with van der Waals surface area (Å²) in [5.74, 6) is 0. The minimum Gasteiger partial charge on any atom is -0.158 e. The van der Waals surface area contributed by atoms with Crippen molar-refractivity contribution in [2.24, 2.45) is 0 Å². The van der Waals surface area contributed by atoms with Crippen molar-refractivity contribution in [2.45, 2.75) is 6.92 Å². The van der Waals surface area contributed by atoms with E-state index >= 15 is 0 Å². The molecule has 0 unspecified atom stereocenters. The molecule has 0 aromatic carbocycles. The first kappa shape index (κ1) is 6.96. The third-order valence-electron chi connectivity index (χ3n) is 0.906. The highest BCUT2D eigenvalue weighted by Crippen LogP contribution is 2.21. The highest BCUT2D eigenvalue weighted by Gasteiger charge is 1.99. The molecular formula is C5H4BrClN2. The highest BCUT2D eigenvalue weighted by atomic mass is 79.9. The van der Waals surface area contributed by atoms with Crippen LogP contribution in [0.4, 0.5) is 0 Å². The topological polar surface area (TPSA) is 25.8 Å². The van der Waals surface area contributed by atoms with Crippen LogP contribution < -0.4 is 0 Å². The van der Waals surface area contributed by atoms with Crippen LogP contribution in [0.2, 0.25) is 5.02 Å². The Hall–Kier alpha value is -0.150. The summed E-state index contributed by atoms with van der Waals surface area (Å²) in [6.45, 7) is 1.81. The summed E-state index contributed by atoms with van der Waals surface area (Å²) in [5.41, 5.74) is 0.742. The molecule has 48 valence electrons. The molecule has 0 fully saturated rings. The maximum atomic E-state index is 5.73. The summed E-state index contributed by atoms with van der Waals surface area (Å²) < 4.78 is 0.789. The van der Waals surface area contributed by atoms with Crippen molar-refractivity contribution in [3.05, 3.63) is 21.4 Å². The molecule has 0 amide bonds. The van der Waals surface area contributed by atoms with E-state index in [2.05, 4.69) is 26.1 Å². The van der Waals surface area contributed by atoms with Gasteiger partial charge in [-0.05, 0) is 22.9 Å². The minimum absolute atomic E-state index is 0.630. The lowest BCUT2D eigenvalue weighted by Crippen LogP contribution is -1.86. The second-order valence-electron chi connectivity index (χ2n) is 1.59. The lowest BCUT2D eigenvalue weighted by molar-refractivity contribution is 0.973. The largest absolute Gasteiger partial charge is 0.158 e. The molecule has 0 saturated heterocycles. The first-order valence-corrected chi connectivity index (χ1v) is 3.52. The summed E-state index contributed by atoms with van der Waals surface area (Å²) in [5, 5.41) is 8.02. The van der Waals surface area contributed by atoms with Crippen LogP contribution in [0.25, 0.3) is 0 Å². The molecule has 9 heavy (non-hydrogen) atoms. The second kappa shape index (κ2) is 2.62. The van der Waals surface area contributed by atoms with E-state index in [1.54, 1.807) is 13.1 Å². The van der Waals surface area contributed by atoms with Gasteiger partial charge in [-0.25, -0.2) is 0 Å². The molecule has 0 aliphatic heterocycles. The van der Waals surface area contributed by atoms with E-state index in [9.17, 15) is 0 Å². The lowest BCUT2D eigenvalue weighted by Gasteiger charge is -1.94. The highest BCUT2D eigenvalue weighted by molar-refractivity contribution is 9.10. The Labute approximate surface area is 66.4 Å². The molecular weight excluding hydrogens is 203 g/mol. The minimum atomic E-state index is 0.630. The number of rotatable bonds is 0. The van der Waals surface area contributed by atoms with E-state index in [1.807, 2.05) is 0 Å². The third kappa shape index (κ3) is 1.40. The quantitative estimate of drug-likeness (QED) is 0.652. The molecule has 0 aliphatic rings. The normalized spacial score (nSPS) is 9.67. The van der Waals surface area contributed by atoms with Crippen LogP contribution in [0, 0.1) is 6.92 Å². The van der Waals surface area contributed by atoms with Gasteiger partial charge in [0, 0.05) is 0 Å².